The normalized spacial score (nSPS) is 26.5. The summed E-state index contributed by atoms with van der Waals surface area (Å²) in [5.74, 6) is 3.84. The second-order valence-electron chi connectivity index (χ2n) is 12.6. The minimum Gasteiger partial charge on any atom is -0.493 e. The lowest BCUT2D eigenvalue weighted by Crippen LogP contribution is -2.60. The predicted octanol–water partition coefficient (Wildman–Crippen LogP) is 5.11. The van der Waals surface area contributed by atoms with Gasteiger partial charge in [0.25, 0.3) is 0 Å². The minimum absolute atomic E-state index is 0.127. The molecule has 5 atom stereocenters. The van der Waals surface area contributed by atoms with Crippen LogP contribution < -0.4 is 25.4 Å². The third-order valence-electron chi connectivity index (χ3n) is 8.54. The summed E-state index contributed by atoms with van der Waals surface area (Å²) in [6.07, 6.45) is 6.79. The summed E-state index contributed by atoms with van der Waals surface area (Å²) in [5.41, 5.74) is 0.943. The standard InChI is InChI=1S/C30H40N6O4/c1-29(2,3)40-28(37)35-24-20-9-18-10-21(24)13-30(11-18,12-20)17-34-26-22(14-31)16-33-27(36-26)32-15-19-7-6-8-23(38-4)25(19)39-5/h6-8,16,18,20-21,24H,9-13,15,17H2,1-5H3,(H,35,37)(H2,32,33,34,36)/t18?,20-,21+,24-,30-. The van der Waals surface area contributed by atoms with E-state index < -0.39 is 5.60 Å². The molecule has 2 aromatic rings. The van der Waals surface area contributed by atoms with E-state index >= 15 is 0 Å². The SMILES string of the molecule is COc1cccc(CNc2ncc(C#N)c(NC[C@]34CC5C[C@H](C3)[C@@H](NC(=O)OC(C)(C)C)[C@@H](C5)C4)n2)c1OC. The van der Waals surface area contributed by atoms with Crippen molar-refractivity contribution in [2.75, 3.05) is 31.4 Å². The molecule has 4 aliphatic carbocycles. The molecule has 4 saturated carbocycles. The van der Waals surface area contributed by atoms with Crippen molar-refractivity contribution in [3.63, 3.8) is 0 Å². The van der Waals surface area contributed by atoms with Gasteiger partial charge in [0, 0.05) is 24.7 Å². The number of nitriles is 1. The molecule has 0 saturated heterocycles. The van der Waals surface area contributed by atoms with Crippen molar-refractivity contribution in [1.82, 2.24) is 15.3 Å². The Balaban J connectivity index is 1.25. The molecule has 1 unspecified atom stereocenters. The molecule has 0 radical (unpaired) electrons. The molecule has 40 heavy (non-hydrogen) atoms. The monoisotopic (exact) mass is 548 g/mol. The molecule has 4 fully saturated rings. The Morgan fingerprint density at radius 1 is 1.12 bits per heavy atom. The fourth-order valence-corrected chi connectivity index (χ4v) is 7.31. The van der Waals surface area contributed by atoms with E-state index in [1.807, 2.05) is 39.0 Å². The molecule has 1 heterocycles. The molecule has 1 aromatic heterocycles. The topological polar surface area (TPSA) is 130 Å². The van der Waals surface area contributed by atoms with E-state index in [9.17, 15) is 10.1 Å². The zero-order valence-electron chi connectivity index (χ0n) is 24.0. The highest BCUT2D eigenvalue weighted by Crippen LogP contribution is 2.60. The Hall–Kier alpha value is -3.74. The number of aromatic nitrogens is 2. The molecule has 6 rings (SSSR count). The van der Waals surface area contributed by atoms with Gasteiger partial charge in [0.1, 0.15) is 23.1 Å². The summed E-state index contributed by atoms with van der Waals surface area (Å²) in [4.78, 5) is 21.6. The van der Waals surface area contributed by atoms with E-state index in [0.29, 0.717) is 53.1 Å². The molecule has 4 aliphatic rings. The largest absolute Gasteiger partial charge is 0.493 e. The molecule has 214 valence electrons. The van der Waals surface area contributed by atoms with Crippen molar-refractivity contribution in [3.8, 4) is 17.6 Å². The van der Waals surface area contributed by atoms with Gasteiger partial charge in [0.05, 0.1) is 20.4 Å². The Bertz CT molecular complexity index is 1270. The number of methoxy groups -OCH3 is 2. The highest BCUT2D eigenvalue weighted by molar-refractivity contribution is 5.68. The van der Waals surface area contributed by atoms with Gasteiger partial charge in [-0.25, -0.2) is 9.78 Å². The molecule has 0 aliphatic heterocycles. The number of nitrogens with one attached hydrogen (secondary N) is 3. The molecular formula is C30H40N6O4. The van der Waals surface area contributed by atoms with Crippen LogP contribution in [0.5, 0.6) is 11.5 Å². The highest BCUT2D eigenvalue weighted by Gasteiger charge is 2.55. The maximum absolute atomic E-state index is 12.5. The lowest BCUT2D eigenvalue weighted by atomic mass is 9.48. The van der Waals surface area contributed by atoms with Crippen LogP contribution in [0.25, 0.3) is 0 Å². The maximum Gasteiger partial charge on any atom is 0.407 e. The van der Waals surface area contributed by atoms with Crippen molar-refractivity contribution >= 4 is 17.9 Å². The van der Waals surface area contributed by atoms with Crippen molar-refractivity contribution in [2.24, 2.45) is 23.2 Å². The van der Waals surface area contributed by atoms with E-state index in [-0.39, 0.29) is 17.6 Å². The van der Waals surface area contributed by atoms with Crippen LogP contribution in [0.2, 0.25) is 0 Å². The van der Waals surface area contributed by atoms with Crippen LogP contribution in [-0.2, 0) is 11.3 Å². The average Bonchev–Trinajstić information content (AvgIpc) is 2.91. The van der Waals surface area contributed by atoms with Gasteiger partial charge in [-0.05, 0) is 82.1 Å². The zero-order chi connectivity index (χ0) is 28.5. The van der Waals surface area contributed by atoms with Gasteiger partial charge < -0.3 is 30.2 Å². The third kappa shape index (κ3) is 5.88. The molecule has 1 amide bonds. The van der Waals surface area contributed by atoms with Crippen LogP contribution in [0.15, 0.2) is 24.4 Å². The first kappa shape index (κ1) is 27.8. The summed E-state index contributed by atoms with van der Waals surface area (Å²) in [5, 5.41) is 19.7. The molecule has 0 spiro atoms. The molecule has 10 heteroatoms. The Morgan fingerprint density at radius 3 is 2.52 bits per heavy atom. The highest BCUT2D eigenvalue weighted by atomic mass is 16.6. The smallest absolute Gasteiger partial charge is 0.407 e. The molecular weight excluding hydrogens is 508 g/mol. The summed E-state index contributed by atoms with van der Waals surface area (Å²) < 4.78 is 16.5. The number of amides is 1. The van der Waals surface area contributed by atoms with Crippen molar-refractivity contribution < 1.29 is 19.0 Å². The van der Waals surface area contributed by atoms with E-state index in [2.05, 4.69) is 32.0 Å². The van der Waals surface area contributed by atoms with Crippen molar-refractivity contribution in [2.45, 2.75) is 71.1 Å². The number of alkyl carbamates (subject to hydrolysis) is 1. The van der Waals surface area contributed by atoms with Gasteiger partial charge in [-0.3, -0.25) is 0 Å². The minimum atomic E-state index is -0.509. The van der Waals surface area contributed by atoms with Crippen LogP contribution in [0, 0.1) is 34.5 Å². The fourth-order valence-electron chi connectivity index (χ4n) is 7.31. The number of carbonyl (C=O) groups is 1. The summed E-state index contributed by atoms with van der Waals surface area (Å²) in [7, 11) is 3.22. The quantitative estimate of drug-likeness (QED) is 0.391. The van der Waals surface area contributed by atoms with Crippen LogP contribution >= 0.6 is 0 Å². The van der Waals surface area contributed by atoms with Crippen LogP contribution in [-0.4, -0.2) is 48.5 Å². The number of hydrogen-bond acceptors (Lipinski definition) is 9. The second-order valence-corrected chi connectivity index (χ2v) is 12.6. The predicted molar refractivity (Wildman–Crippen MR) is 151 cm³/mol. The molecule has 4 bridgehead atoms. The van der Waals surface area contributed by atoms with Gasteiger partial charge in [-0.2, -0.15) is 10.2 Å². The fraction of sp³-hybridized carbons (Fsp3) is 0.600. The molecule has 1 aromatic carbocycles. The average molecular weight is 549 g/mol. The first-order chi connectivity index (χ1) is 19.1. The maximum atomic E-state index is 12.5. The van der Waals surface area contributed by atoms with Gasteiger partial charge in [-0.1, -0.05) is 12.1 Å². The number of hydrogen-bond donors (Lipinski definition) is 3. The van der Waals surface area contributed by atoms with Gasteiger partial charge in [0.15, 0.2) is 11.5 Å². The number of nitrogens with zero attached hydrogens (tertiary/aromatic N) is 3. The lowest BCUT2D eigenvalue weighted by molar-refractivity contribution is -0.0703. The molecule has 10 nitrogen and oxygen atoms in total. The number of para-hydroxylation sites is 1. The summed E-state index contributed by atoms with van der Waals surface area (Å²) in [6, 6.07) is 8.10. The second kappa shape index (κ2) is 11.0. The number of carbonyl (C=O) groups excluding carboxylic acids is 1. The first-order valence-corrected chi connectivity index (χ1v) is 14.1. The van der Waals surface area contributed by atoms with Gasteiger partial charge in [-0.15, -0.1) is 0 Å². The lowest BCUT2D eigenvalue weighted by Gasteiger charge is -2.60. The molecule has 3 N–H and O–H groups in total. The van der Waals surface area contributed by atoms with Gasteiger partial charge >= 0.3 is 6.09 Å². The number of anilines is 2. The van der Waals surface area contributed by atoms with Crippen molar-refractivity contribution in [3.05, 3.63) is 35.5 Å². The first-order valence-electron chi connectivity index (χ1n) is 14.1. The van der Waals surface area contributed by atoms with E-state index in [1.54, 1.807) is 20.4 Å². The van der Waals surface area contributed by atoms with E-state index in [4.69, 9.17) is 14.2 Å². The van der Waals surface area contributed by atoms with E-state index in [1.165, 1.54) is 6.42 Å². The summed E-state index contributed by atoms with van der Waals surface area (Å²) >= 11 is 0. The van der Waals surface area contributed by atoms with Crippen LogP contribution in [0.3, 0.4) is 0 Å². The van der Waals surface area contributed by atoms with Gasteiger partial charge in [0.2, 0.25) is 5.95 Å². The van der Waals surface area contributed by atoms with Crippen molar-refractivity contribution in [1.29, 1.82) is 5.26 Å². The number of rotatable bonds is 9. The van der Waals surface area contributed by atoms with E-state index in [0.717, 1.165) is 37.8 Å². The number of ether oxygens (including phenoxy) is 3. The Kier molecular flexibility index (Phi) is 7.67. The number of benzene rings is 1. The van der Waals surface area contributed by atoms with Crippen LogP contribution in [0.1, 0.15) is 64.0 Å². The Labute approximate surface area is 236 Å². The van der Waals surface area contributed by atoms with Crippen LogP contribution in [0.4, 0.5) is 16.6 Å². The zero-order valence-corrected chi connectivity index (χ0v) is 24.0. The summed E-state index contributed by atoms with van der Waals surface area (Å²) in [6.45, 7) is 6.85. The Morgan fingerprint density at radius 2 is 1.88 bits per heavy atom. The third-order valence-corrected chi connectivity index (χ3v) is 8.54.